The lowest BCUT2D eigenvalue weighted by Crippen LogP contribution is -2.46. The number of nitrogens with two attached hydrogens (primary N) is 1. The van der Waals surface area contributed by atoms with E-state index in [9.17, 15) is 18.4 Å². The number of rotatable bonds is 7. The number of carbonyl (C=O) groups is 2. The van der Waals surface area contributed by atoms with Crippen LogP contribution in [0.25, 0.3) is 0 Å². The molecule has 0 fully saturated rings. The fraction of sp³-hybridized carbons (Fsp3) is 0.278. The molecule has 148 valence electrons. The van der Waals surface area contributed by atoms with Crippen molar-refractivity contribution in [2.75, 3.05) is 31.8 Å². The van der Waals surface area contributed by atoms with E-state index in [1.807, 2.05) is 0 Å². The maximum Gasteiger partial charge on any atom is 0.270 e. The lowest BCUT2D eigenvalue weighted by atomic mass is 9.87. The minimum absolute atomic E-state index is 0.0584. The number of methoxy groups -OCH3 is 1. The monoisotopic (exact) mass is 411 g/mol. The van der Waals surface area contributed by atoms with Crippen molar-refractivity contribution in [2.24, 2.45) is 5.73 Å². The molecule has 2 N–H and O–H groups in total. The normalized spacial score (nSPS) is 18.4. The molecule has 0 saturated heterocycles. The van der Waals surface area contributed by atoms with Crippen LogP contribution >= 0.6 is 11.6 Å². The summed E-state index contributed by atoms with van der Waals surface area (Å²) in [6.07, 6.45) is 0.832. The van der Waals surface area contributed by atoms with E-state index >= 15 is 0 Å². The third-order valence-corrected chi connectivity index (χ3v) is 4.65. The van der Waals surface area contributed by atoms with Crippen molar-refractivity contribution >= 4 is 29.2 Å². The van der Waals surface area contributed by atoms with Crippen LogP contribution < -0.4 is 10.6 Å². The topological polar surface area (TPSA) is 94.8 Å². The summed E-state index contributed by atoms with van der Waals surface area (Å²) >= 11 is 6.19. The SMILES string of the molecule is COCCO[C@]1(c2ccc(F)cc2)C(=O)N(CC(N)=O)c2ncc(F)c(Cl)c21. The minimum atomic E-state index is -1.94. The van der Waals surface area contributed by atoms with Crippen LogP contribution in [0.15, 0.2) is 30.5 Å². The van der Waals surface area contributed by atoms with E-state index in [1.165, 1.54) is 19.2 Å². The number of aromatic nitrogens is 1. The van der Waals surface area contributed by atoms with Crippen molar-refractivity contribution in [1.82, 2.24) is 4.98 Å². The predicted molar refractivity (Wildman–Crippen MR) is 95.8 cm³/mol. The molecule has 2 heterocycles. The number of carbonyl (C=O) groups excluding carboxylic acids is 2. The van der Waals surface area contributed by atoms with Gasteiger partial charge in [-0.3, -0.25) is 14.5 Å². The lowest BCUT2D eigenvalue weighted by molar-refractivity contribution is -0.140. The van der Waals surface area contributed by atoms with E-state index in [2.05, 4.69) is 4.98 Å². The van der Waals surface area contributed by atoms with Crippen LogP contribution in [-0.4, -0.2) is 43.7 Å². The first-order valence-electron chi connectivity index (χ1n) is 8.16. The summed E-state index contributed by atoms with van der Waals surface area (Å²) in [6, 6.07) is 4.89. The van der Waals surface area contributed by atoms with Gasteiger partial charge in [0.1, 0.15) is 18.2 Å². The average Bonchev–Trinajstić information content (AvgIpc) is 2.89. The Kier molecular flexibility index (Phi) is 5.59. The maximum atomic E-state index is 14.2. The summed E-state index contributed by atoms with van der Waals surface area (Å²) in [5, 5.41) is -0.396. The minimum Gasteiger partial charge on any atom is -0.382 e. The molecule has 0 radical (unpaired) electrons. The zero-order valence-corrected chi connectivity index (χ0v) is 15.5. The molecule has 2 amide bonds. The second-order valence-corrected chi connectivity index (χ2v) is 6.38. The quantitative estimate of drug-likeness (QED) is 0.700. The van der Waals surface area contributed by atoms with Crippen molar-refractivity contribution < 1.29 is 27.8 Å². The molecule has 0 unspecified atom stereocenters. The van der Waals surface area contributed by atoms with E-state index in [0.29, 0.717) is 0 Å². The van der Waals surface area contributed by atoms with Gasteiger partial charge in [0.25, 0.3) is 5.91 Å². The number of amides is 2. The highest BCUT2D eigenvalue weighted by atomic mass is 35.5. The molecular formula is C18H16ClF2N3O4. The largest absolute Gasteiger partial charge is 0.382 e. The highest BCUT2D eigenvalue weighted by Gasteiger charge is 2.56. The number of primary amides is 1. The third kappa shape index (κ3) is 3.21. The summed E-state index contributed by atoms with van der Waals surface area (Å²) in [5.41, 5.74) is 3.42. The second kappa shape index (κ2) is 7.78. The summed E-state index contributed by atoms with van der Waals surface area (Å²) in [6.45, 7) is -0.477. The highest BCUT2D eigenvalue weighted by molar-refractivity contribution is 6.33. The number of anilines is 1. The second-order valence-electron chi connectivity index (χ2n) is 6.01. The first kappa shape index (κ1) is 20.1. The van der Waals surface area contributed by atoms with Gasteiger partial charge in [-0.1, -0.05) is 23.7 Å². The van der Waals surface area contributed by atoms with Crippen molar-refractivity contribution in [2.45, 2.75) is 5.60 Å². The van der Waals surface area contributed by atoms with Gasteiger partial charge in [0.05, 0.1) is 30.0 Å². The number of pyridine rings is 1. The van der Waals surface area contributed by atoms with Crippen molar-refractivity contribution in [3.63, 3.8) is 0 Å². The van der Waals surface area contributed by atoms with E-state index in [1.54, 1.807) is 0 Å². The molecular weight excluding hydrogens is 396 g/mol. The van der Waals surface area contributed by atoms with Crippen molar-refractivity contribution in [3.8, 4) is 0 Å². The van der Waals surface area contributed by atoms with Crippen LogP contribution in [0.2, 0.25) is 5.02 Å². The summed E-state index contributed by atoms with van der Waals surface area (Å²) in [5.74, 6) is -3.04. The number of fused-ring (bicyclic) bond motifs is 1. The van der Waals surface area contributed by atoms with E-state index < -0.39 is 40.6 Å². The summed E-state index contributed by atoms with van der Waals surface area (Å²) < 4.78 is 38.5. The van der Waals surface area contributed by atoms with Crippen LogP contribution in [-0.2, 0) is 24.7 Å². The molecule has 2 aromatic rings. The first-order valence-corrected chi connectivity index (χ1v) is 8.54. The van der Waals surface area contributed by atoms with E-state index in [4.69, 9.17) is 26.8 Å². The number of halogens is 3. The Morgan fingerprint density at radius 1 is 1.29 bits per heavy atom. The van der Waals surface area contributed by atoms with E-state index in [-0.39, 0.29) is 30.2 Å². The van der Waals surface area contributed by atoms with Crippen LogP contribution in [0.1, 0.15) is 11.1 Å². The van der Waals surface area contributed by atoms with Crippen LogP contribution in [0.3, 0.4) is 0 Å². The standard InChI is InChI=1S/C18H16ClF2N3O4/c1-27-6-7-28-18(10-2-4-11(20)5-3-10)14-15(19)12(21)8-23-16(14)24(17(18)26)9-13(22)25/h2-5,8H,6-7,9H2,1H3,(H2,22,25)/t18-/m0/s1. The molecule has 1 aromatic heterocycles. The van der Waals surface area contributed by atoms with Crippen LogP contribution in [0.4, 0.5) is 14.6 Å². The van der Waals surface area contributed by atoms with Gasteiger partial charge < -0.3 is 15.2 Å². The number of hydrogen-bond donors (Lipinski definition) is 1. The molecule has 1 aliphatic rings. The Morgan fingerprint density at radius 3 is 2.57 bits per heavy atom. The van der Waals surface area contributed by atoms with Gasteiger partial charge in [0, 0.05) is 7.11 Å². The van der Waals surface area contributed by atoms with Gasteiger partial charge in [-0.2, -0.15) is 0 Å². The zero-order chi connectivity index (χ0) is 20.5. The molecule has 1 atom stereocenters. The Morgan fingerprint density at radius 2 is 1.96 bits per heavy atom. The fourth-order valence-corrected chi connectivity index (χ4v) is 3.38. The van der Waals surface area contributed by atoms with Gasteiger partial charge >= 0.3 is 0 Å². The molecule has 3 rings (SSSR count). The van der Waals surface area contributed by atoms with Gasteiger partial charge in [0.2, 0.25) is 11.5 Å². The highest BCUT2D eigenvalue weighted by Crippen LogP contribution is 2.49. The molecule has 0 aliphatic carbocycles. The zero-order valence-electron chi connectivity index (χ0n) is 14.7. The molecule has 1 aliphatic heterocycles. The van der Waals surface area contributed by atoms with Gasteiger partial charge in [0.15, 0.2) is 5.82 Å². The number of benzene rings is 1. The lowest BCUT2D eigenvalue weighted by Gasteiger charge is -2.29. The molecule has 10 heteroatoms. The Bertz CT molecular complexity index is 926. The molecule has 0 saturated carbocycles. The summed E-state index contributed by atoms with van der Waals surface area (Å²) in [4.78, 5) is 29.8. The molecule has 28 heavy (non-hydrogen) atoms. The smallest absolute Gasteiger partial charge is 0.270 e. The number of nitrogens with zero attached hydrogens (tertiary/aromatic N) is 2. The fourth-order valence-electron chi connectivity index (χ4n) is 3.12. The molecule has 7 nitrogen and oxygen atoms in total. The Labute approximate surface area is 164 Å². The molecule has 0 spiro atoms. The van der Waals surface area contributed by atoms with E-state index in [0.717, 1.165) is 23.2 Å². The Hall–Kier alpha value is -2.62. The van der Waals surface area contributed by atoms with Crippen molar-refractivity contribution in [1.29, 1.82) is 0 Å². The maximum absolute atomic E-state index is 14.2. The van der Waals surface area contributed by atoms with Crippen LogP contribution in [0, 0.1) is 11.6 Å². The Balaban J connectivity index is 2.28. The summed E-state index contributed by atoms with van der Waals surface area (Å²) in [7, 11) is 1.44. The third-order valence-electron chi connectivity index (χ3n) is 4.28. The van der Waals surface area contributed by atoms with Gasteiger partial charge in [-0.05, 0) is 17.7 Å². The number of ether oxygens (including phenoxy) is 2. The van der Waals surface area contributed by atoms with Crippen LogP contribution in [0.5, 0.6) is 0 Å². The number of hydrogen-bond acceptors (Lipinski definition) is 5. The van der Waals surface area contributed by atoms with Crippen molar-refractivity contribution in [3.05, 3.63) is 58.2 Å². The molecule has 1 aromatic carbocycles. The predicted octanol–water partition coefficient (Wildman–Crippen LogP) is 1.75. The van der Waals surface area contributed by atoms with Gasteiger partial charge in [-0.15, -0.1) is 0 Å². The van der Waals surface area contributed by atoms with Gasteiger partial charge in [-0.25, -0.2) is 13.8 Å². The first-order chi connectivity index (χ1) is 13.3. The molecule has 0 bridgehead atoms. The average molecular weight is 412 g/mol.